The summed E-state index contributed by atoms with van der Waals surface area (Å²) in [5.41, 5.74) is 7.14. The summed E-state index contributed by atoms with van der Waals surface area (Å²) in [6.07, 6.45) is 0.939. The summed E-state index contributed by atoms with van der Waals surface area (Å²) in [6.45, 7) is 5.73. The third kappa shape index (κ3) is 2.88. The van der Waals surface area contributed by atoms with Gasteiger partial charge in [-0.2, -0.15) is 0 Å². The van der Waals surface area contributed by atoms with E-state index in [0.717, 1.165) is 5.56 Å². The summed E-state index contributed by atoms with van der Waals surface area (Å²) in [6, 6.07) is 3.42. The highest BCUT2D eigenvalue weighted by Crippen LogP contribution is 2.23. The molecule has 1 aromatic heterocycles. The van der Waals surface area contributed by atoms with Crippen molar-refractivity contribution in [2.24, 2.45) is 5.73 Å². The van der Waals surface area contributed by atoms with E-state index in [1.807, 2.05) is 20.8 Å². The standard InChI is InChI=1S/C13H16ClN3O2/c1-13(2,3)19-12(18)17-7-16-11-8(6-15)4-9(14)5-10(11)17/h4-5,7H,6,15H2,1-3H3. The molecule has 0 atom stereocenters. The highest BCUT2D eigenvalue weighted by Gasteiger charge is 2.20. The van der Waals surface area contributed by atoms with Crippen molar-refractivity contribution in [3.05, 3.63) is 29.0 Å². The number of halogens is 1. The fraction of sp³-hybridized carbons (Fsp3) is 0.385. The molecule has 0 aliphatic rings. The Morgan fingerprint density at radius 1 is 1.47 bits per heavy atom. The highest BCUT2D eigenvalue weighted by atomic mass is 35.5. The van der Waals surface area contributed by atoms with Crippen LogP contribution in [0.5, 0.6) is 0 Å². The maximum absolute atomic E-state index is 12.1. The smallest absolute Gasteiger partial charge is 0.420 e. The van der Waals surface area contributed by atoms with Crippen LogP contribution >= 0.6 is 11.6 Å². The molecule has 0 aliphatic carbocycles. The van der Waals surface area contributed by atoms with Gasteiger partial charge < -0.3 is 10.5 Å². The SMILES string of the molecule is CC(C)(C)OC(=O)n1cnc2c(CN)cc(Cl)cc21. The number of ether oxygens (including phenoxy) is 1. The topological polar surface area (TPSA) is 70.1 Å². The van der Waals surface area contributed by atoms with E-state index < -0.39 is 11.7 Å². The minimum Gasteiger partial charge on any atom is -0.443 e. The minimum absolute atomic E-state index is 0.308. The first kappa shape index (κ1) is 13.8. The van der Waals surface area contributed by atoms with Crippen LogP contribution in [0.25, 0.3) is 11.0 Å². The fourth-order valence-corrected chi connectivity index (χ4v) is 2.00. The zero-order chi connectivity index (χ0) is 14.2. The Kier molecular flexibility index (Phi) is 3.52. The van der Waals surface area contributed by atoms with E-state index in [4.69, 9.17) is 22.1 Å². The molecule has 0 aliphatic heterocycles. The number of hydrogen-bond acceptors (Lipinski definition) is 4. The van der Waals surface area contributed by atoms with Crippen molar-refractivity contribution in [1.29, 1.82) is 0 Å². The second kappa shape index (κ2) is 4.83. The summed E-state index contributed by atoms with van der Waals surface area (Å²) < 4.78 is 6.65. The van der Waals surface area contributed by atoms with Crippen LogP contribution < -0.4 is 5.73 Å². The third-order valence-electron chi connectivity index (χ3n) is 2.51. The van der Waals surface area contributed by atoms with Crippen molar-refractivity contribution < 1.29 is 9.53 Å². The Bertz CT molecular complexity index is 629. The van der Waals surface area contributed by atoms with E-state index in [2.05, 4.69) is 4.98 Å². The molecule has 0 saturated carbocycles. The number of fused-ring (bicyclic) bond motifs is 1. The van der Waals surface area contributed by atoms with Gasteiger partial charge in [-0.05, 0) is 38.5 Å². The predicted molar refractivity (Wildman–Crippen MR) is 74.3 cm³/mol. The van der Waals surface area contributed by atoms with Gasteiger partial charge in [-0.15, -0.1) is 0 Å². The lowest BCUT2D eigenvalue weighted by Gasteiger charge is -2.19. The second-order valence-corrected chi connectivity index (χ2v) is 5.67. The molecule has 0 amide bonds. The molecule has 6 heteroatoms. The van der Waals surface area contributed by atoms with E-state index in [-0.39, 0.29) is 0 Å². The highest BCUT2D eigenvalue weighted by molar-refractivity contribution is 6.31. The van der Waals surface area contributed by atoms with Gasteiger partial charge in [0.25, 0.3) is 0 Å². The average Bonchev–Trinajstić information content (AvgIpc) is 2.69. The largest absolute Gasteiger partial charge is 0.443 e. The van der Waals surface area contributed by atoms with Crippen LogP contribution in [0.1, 0.15) is 26.3 Å². The van der Waals surface area contributed by atoms with Crippen molar-refractivity contribution in [3.63, 3.8) is 0 Å². The van der Waals surface area contributed by atoms with Gasteiger partial charge in [-0.3, -0.25) is 0 Å². The Morgan fingerprint density at radius 2 is 2.16 bits per heavy atom. The van der Waals surface area contributed by atoms with Crippen LogP contribution in [0, 0.1) is 0 Å². The summed E-state index contributed by atoms with van der Waals surface area (Å²) in [7, 11) is 0. The minimum atomic E-state index is -0.567. The van der Waals surface area contributed by atoms with E-state index >= 15 is 0 Å². The molecule has 2 N–H and O–H groups in total. The lowest BCUT2D eigenvalue weighted by molar-refractivity contribution is 0.0543. The van der Waals surface area contributed by atoms with E-state index in [1.165, 1.54) is 10.9 Å². The number of hydrogen-bond donors (Lipinski definition) is 1. The van der Waals surface area contributed by atoms with E-state index in [0.29, 0.717) is 22.6 Å². The first-order valence-electron chi connectivity index (χ1n) is 5.91. The Balaban J connectivity index is 2.51. The molecular weight excluding hydrogens is 266 g/mol. The molecule has 0 radical (unpaired) electrons. The zero-order valence-electron chi connectivity index (χ0n) is 11.1. The normalized spacial score (nSPS) is 11.8. The third-order valence-corrected chi connectivity index (χ3v) is 2.72. The molecule has 2 rings (SSSR count). The van der Waals surface area contributed by atoms with Crippen LogP contribution in [0.2, 0.25) is 5.02 Å². The number of rotatable bonds is 1. The molecule has 19 heavy (non-hydrogen) atoms. The summed E-state index contributed by atoms with van der Waals surface area (Å²) >= 11 is 6.02. The molecular formula is C13H16ClN3O2. The lowest BCUT2D eigenvalue weighted by Crippen LogP contribution is -2.26. The summed E-state index contributed by atoms with van der Waals surface area (Å²) in [5.74, 6) is 0. The van der Waals surface area contributed by atoms with Crippen molar-refractivity contribution >= 4 is 28.7 Å². The molecule has 0 saturated heterocycles. The number of benzene rings is 1. The molecule has 1 aromatic carbocycles. The van der Waals surface area contributed by atoms with Crippen molar-refractivity contribution in [1.82, 2.24) is 9.55 Å². The fourth-order valence-electron chi connectivity index (χ4n) is 1.76. The van der Waals surface area contributed by atoms with Crippen molar-refractivity contribution in [3.8, 4) is 0 Å². The Hall–Kier alpha value is -1.59. The van der Waals surface area contributed by atoms with Gasteiger partial charge in [0.15, 0.2) is 0 Å². The molecule has 5 nitrogen and oxygen atoms in total. The number of aromatic nitrogens is 2. The first-order chi connectivity index (χ1) is 8.81. The molecule has 0 spiro atoms. The van der Waals surface area contributed by atoms with E-state index in [1.54, 1.807) is 12.1 Å². The second-order valence-electron chi connectivity index (χ2n) is 5.23. The molecule has 2 aromatic rings. The predicted octanol–water partition coefficient (Wildman–Crippen LogP) is 2.93. The van der Waals surface area contributed by atoms with Crippen molar-refractivity contribution in [2.75, 3.05) is 0 Å². The summed E-state index contributed by atoms with van der Waals surface area (Å²) in [5, 5.41) is 0.512. The maximum atomic E-state index is 12.1. The maximum Gasteiger partial charge on any atom is 0.420 e. The van der Waals surface area contributed by atoms with Gasteiger partial charge in [0, 0.05) is 11.6 Å². The van der Waals surface area contributed by atoms with Gasteiger partial charge in [0.2, 0.25) is 0 Å². The molecule has 102 valence electrons. The molecule has 0 bridgehead atoms. The van der Waals surface area contributed by atoms with Crippen LogP contribution in [0.15, 0.2) is 18.5 Å². The molecule has 0 fully saturated rings. The number of carbonyl (C=O) groups is 1. The van der Waals surface area contributed by atoms with Gasteiger partial charge in [-0.25, -0.2) is 14.3 Å². The quantitative estimate of drug-likeness (QED) is 0.872. The number of nitrogens with two attached hydrogens (primary N) is 1. The van der Waals surface area contributed by atoms with Gasteiger partial charge in [0.05, 0.1) is 11.0 Å². The van der Waals surface area contributed by atoms with Gasteiger partial charge in [0.1, 0.15) is 11.9 Å². The van der Waals surface area contributed by atoms with Crippen LogP contribution in [-0.4, -0.2) is 21.2 Å². The number of nitrogens with zero attached hydrogens (tertiary/aromatic N) is 2. The summed E-state index contributed by atoms with van der Waals surface area (Å²) in [4.78, 5) is 16.3. The number of imidazole rings is 1. The van der Waals surface area contributed by atoms with Gasteiger partial charge >= 0.3 is 6.09 Å². The van der Waals surface area contributed by atoms with Crippen LogP contribution in [0.3, 0.4) is 0 Å². The Morgan fingerprint density at radius 3 is 2.74 bits per heavy atom. The molecule has 1 heterocycles. The van der Waals surface area contributed by atoms with Crippen LogP contribution in [-0.2, 0) is 11.3 Å². The van der Waals surface area contributed by atoms with Gasteiger partial charge in [-0.1, -0.05) is 11.6 Å². The zero-order valence-corrected chi connectivity index (χ0v) is 11.9. The van der Waals surface area contributed by atoms with E-state index in [9.17, 15) is 4.79 Å². The Labute approximate surface area is 116 Å². The lowest BCUT2D eigenvalue weighted by atomic mass is 10.2. The number of carbonyl (C=O) groups excluding carboxylic acids is 1. The molecule has 0 unspecified atom stereocenters. The monoisotopic (exact) mass is 281 g/mol. The van der Waals surface area contributed by atoms with Crippen molar-refractivity contribution in [2.45, 2.75) is 32.9 Å². The van der Waals surface area contributed by atoms with Crippen LogP contribution in [0.4, 0.5) is 4.79 Å². The average molecular weight is 282 g/mol. The first-order valence-corrected chi connectivity index (χ1v) is 6.28.